The third kappa shape index (κ3) is 5.10. The normalized spacial score (nSPS) is 11.9. The number of hydrogen-bond donors (Lipinski definition) is 0. The number of benzene rings is 3. The van der Waals surface area contributed by atoms with E-state index >= 15 is 0 Å². The number of halogens is 2. The second kappa shape index (κ2) is 10.4. The summed E-state index contributed by atoms with van der Waals surface area (Å²) in [5.74, 6) is 2.06. The molecule has 0 aliphatic rings. The number of nitrogens with zero attached hydrogens (tertiary/aromatic N) is 2. The zero-order valence-electron chi connectivity index (χ0n) is 18.7. The second-order valence-electron chi connectivity index (χ2n) is 7.67. The zero-order chi connectivity index (χ0) is 24.4. The van der Waals surface area contributed by atoms with Crippen LogP contribution >= 0.6 is 45.5 Å². The molecule has 2 aromatic heterocycles. The Kier molecular flexibility index (Phi) is 7.12. The third-order valence-electron chi connectivity index (χ3n) is 5.31. The molecule has 2 heterocycles. The van der Waals surface area contributed by atoms with Crippen molar-refractivity contribution < 1.29 is 14.2 Å². The molecule has 35 heavy (non-hydrogen) atoms. The Hall–Kier alpha value is -2.82. The molecule has 0 amide bonds. The van der Waals surface area contributed by atoms with Crippen molar-refractivity contribution in [2.75, 3.05) is 20.3 Å². The van der Waals surface area contributed by atoms with E-state index in [1.807, 2.05) is 54.6 Å². The van der Waals surface area contributed by atoms with Crippen LogP contribution in [-0.2, 0) is 0 Å². The molecular weight excluding hydrogens is 599 g/mol. The predicted octanol–water partition coefficient (Wildman–Crippen LogP) is 5.57. The molecule has 5 aromatic rings. The summed E-state index contributed by atoms with van der Waals surface area (Å²) in [4.78, 5) is 18.3. The lowest BCUT2D eigenvalue weighted by molar-refractivity contribution is 0.239. The van der Waals surface area contributed by atoms with Gasteiger partial charge in [0.1, 0.15) is 5.75 Å². The molecule has 5 rings (SSSR count). The SMILES string of the molecule is COc1cc(C=c2sc3nc4ccccc4n3c2=O)cc(I)c1OCCCOc1ccc(Cl)cc1. The van der Waals surface area contributed by atoms with Crippen LogP contribution in [-0.4, -0.2) is 29.7 Å². The van der Waals surface area contributed by atoms with Crippen LogP contribution in [0, 0.1) is 3.57 Å². The first kappa shape index (κ1) is 23.9. The molecule has 3 aromatic carbocycles. The van der Waals surface area contributed by atoms with Crippen LogP contribution in [0.1, 0.15) is 12.0 Å². The number of aromatic nitrogens is 2. The Morgan fingerprint density at radius 3 is 2.66 bits per heavy atom. The molecular formula is C26H20ClIN2O4S. The van der Waals surface area contributed by atoms with E-state index in [9.17, 15) is 4.79 Å². The van der Waals surface area contributed by atoms with Crippen molar-refractivity contribution >= 4 is 67.6 Å². The molecule has 0 radical (unpaired) electrons. The van der Waals surface area contributed by atoms with Gasteiger partial charge in [-0.3, -0.25) is 4.79 Å². The Labute approximate surface area is 223 Å². The third-order valence-corrected chi connectivity index (χ3v) is 7.33. The van der Waals surface area contributed by atoms with Crippen molar-refractivity contribution in [3.63, 3.8) is 0 Å². The monoisotopic (exact) mass is 618 g/mol. The van der Waals surface area contributed by atoms with Gasteiger partial charge in [0.15, 0.2) is 16.5 Å². The van der Waals surface area contributed by atoms with E-state index in [2.05, 4.69) is 27.6 Å². The van der Waals surface area contributed by atoms with Crippen molar-refractivity contribution in [2.45, 2.75) is 6.42 Å². The number of ether oxygens (including phenoxy) is 3. The Morgan fingerprint density at radius 1 is 1.09 bits per heavy atom. The van der Waals surface area contributed by atoms with Crippen LogP contribution in [0.3, 0.4) is 0 Å². The molecule has 0 saturated carbocycles. The minimum atomic E-state index is -0.0753. The molecule has 0 N–H and O–H groups in total. The van der Waals surface area contributed by atoms with Crippen LogP contribution in [0.4, 0.5) is 0 Å². The summed E-state index contributed by atoms with van der Waals surface area (Å²) in [5.41, 5.74) is 2.42. The Balaban J connectivity index is 1.32. The zero-order valence-corrected chi connectivity index (χ0v) is 22.4. The summed E-state index contributed by atoms with van der Waals surface area (Å²) in [6, 6.07) is 18.8. The summed E-state index contributed by atoms with van der Waals surface area (Å²) >= 11 is 9.49. The molecule has 0 unspecified atom stereocenters. The number of methoxy groups -OCH3 is 1. The van der Waals surface area contributed by atoms with Gasteiger partial charge in [-0.25, -0.2) is 9.38 Å². The van der Waals surface area contributed by atoms with Gasteiger partial charge in [0.25, 0.3) is 5.56 Å². The van der Waals surface area contributed by atoms with Gasteiger partial charge < -0.3 is 14.2 Å². The summed E-state index contributed by atoms with van der Waals surface area (Å²) in [6.07, 6.45) is 2.57. The highest BCUT2D eigenvalue weighted by molar-refractivity contribution is 14.1. The van der Waals surface area contributed by atoms with Crippen LogP contribution in [0.5, 0.6) is 17.2 Å². The minimum absolute atomic E-state index is 0.0753. The van der Waals surface area contributed by atoms with Crippen molar-refractivity contribution in [3.8, 4) is 17.2 Å². The molecule has 6 nitrogen and oxygen atoms in total. The smallest absolute Gasteiger partial charge is 0.274 e. The van der Waals surface area contributed by atoms with Gasteiger partial charge in [-0.2, -0.15) is 0 Å². The summed E-state index contributed by atoms with van der Waals surface area (Å²) in [6.45, 7) is 0.997. The standard InChI is InChI=1S/C26H20ClIN2O4S/c1-32-22-14-16(15-23-25(31)30-21-6-3-2-5-20(21)29-26(30)35-23)13-19(28)24(22)34-12-4-11-33-18-9-7-17(27)8-10-18/h2-3,5-10,13-15H,4,11-12H2,1H3. The maximum Gasteiger partial charge on any atom is 0.274 e. The maximum atomic E-state index is 13.1. The lowest BCUT2D eigenvalue weighted by Crippen LogP contribution is -2.22. The molecule has 0 bridgehead atoms. The van der Waals surface area contributed by atoms with Gasteiger partial charge in [0.2, 0.25) is 0 Å². The van der Waals surface area contributed by atoms with E-state index in [1.165, 1.54) is 11.3 Å². The van der Waals surface area contributed by atoms with E-state index in [4.69, 9.17) is 25.8 Å². The molecule has 0 aliphatic carbocycles. The van der Waals surface area contributed by atoms with Crippen molar-refractivity contribution in [1.29, 1.82) is 0 Å². The summed E-state index contributed by atoms with van der Waals surface area (Å²) in [7, 11) is 1.61. The Morgan fingerprint density at radius 2 is 1.86 bits per heavy atom. The molecule has 9 heteroatoms. The second-order valence-corrected chi connectivity index (χ2v) is 10.3. The average molecular weight is 619 g/mol. The van der Waals surface area contributed by atoms with Crippen molar-refractivity contribution in [1.82, 2.24) is 9.38 Å². The fraction of sp³-hybridized carbons (Fsp3) is 0.154. The minimum Gasteiger partial charge on any atom is -0.493 e. The summed E-state index contributed by atoms with van der Waals surface area (Å²) < 4.78 is 20.5. The van der Waals surface area contributed by atoms with Gasteiger partial charge in [-0.15, -0.1) is 0 Å². The number of rotatable bonds is 8. The lowest BCUT2D eigenvalue weighted by atomic mass is 10.2. The highest BCUT2D eigenvalue weighted by Crippen LogP contribution is 2.34. The number of thiazole rings is 1. The molecule has 0 aliphatic heterocycles. The van der Waals surface area contributed by atoms with E-state index in [0.29, 0.717) is 45.6 Å². The highest BCUT2D eigenvalue weighted by Gasteiger charge is 2.13. The van der Waals surface area contributed by atoms with Crippen LogP contribution < -0.4 is 24.3 Å². The lowest BCUT2D eigenvalue weighted by Gasteiger charge is -2.14. The molecule has 178 valence electrons. The first-order valence-electron chi connectivity index (χ1n) is 10.8. The van der Waals surface area contributed by atoms with Gasteiger partial charge >= 0.3 is 0 Å². The Bertz CT molecular complexity index is 1610. The molecule has 0 saturated heterocycles. The summed E-state index contributed by atoms with van der Waals surface area (Å²) in [5, 5.41) is 0.678. The quantitative estimate of drug-likeness (QED) is 0.168. The maximum absolute atomic E-state index is 13.1. The first-order chi connectivity index (χ1) is 17.0. The number of imidazole rings is 1. The first-order valence-corrected chi connectivity index (χ1v) is 13.1. The largest absolute Gasteiger partial charge is 0.493 e. The van der Waals surface area contributed by atoms with Crippen LogP contribution in [0.25, 0.3) is 22.1 Å². The average Bonchev–Trinajstić information content (AvgIpc) is 3.36. The van der Waals surface area contributed by atoms with Crippen molar-refractivity contribution in [2.24, 2.45) is 0 Å². The molecule has 0 atom stereocenters. The number of para-hydroxylation sites is 2. The van der Waals surface area contributed by atoms with Crippen LogP contribution in [0.2, 0.25) is 5.02 Å². The predicted molar refractivity (Wildman–Crippen MR) is 148 cm³/mol. The van der Waals surface area contributed by atoms with Crippen molar-refractivity contribution in [3.05, 3.63) is 89.7 Å². The van der Waals surface area contributed by atoms with Gasteiger partial charge in [-0.1, -0.05) is 35.1 Å². The fourth-order valence-corrected chi connectivity index (χ4v) is 5.57. The van der Waals surface area contributed by atoms with E-state index in [-0.39, 0.29) is 5.56 Å². The van der Waals surface area contributed by atoms with E-state index in [0.717, 1.165) is 25.9 Å². The fourth-order valence-electron chi connectivity index (χ4n) is 3.68. The molecule has 0 fully saturated rings. The van der Waals surface area contributed by atoms with E-state index < -0.39 is 0 Å². The van der Waals surface area contributed by atoms with Crippen LogP contribution in [0.15, 0.2) is 65.5 Å². The number of hydrogen-bond acceptors (Lipinski definition) is 6. The highest BCUT2D eigenvalue weighted by atomic mass is 127. The number of fused-ring (bicyclic) bond motifs is 3. The van der Waals surface area contributed by atoms with Gasteiger partial charge in [-0.05, 0) is 82.8 Å². The van der Waals surface area contributed by atoms with E-state index in [1.54, 1.807) is 23.6 Å². The molecule has 0 spiro atoms. The topological polar surface area (TPSA) is 62.1 Å². The van der Waals surface area contributed by atoms with Gasteiger partial charge in [0.05, 0.1) is 39.5 Å². The van der Waals surface area contributed by atoms with Gasteiger partial charge in [0, 0.05) is 11.4 Å².